The standard InChI is InChI=1S/C13H15N5/c1-14-12-11-8-6-7-18(3)10(8)5-4-9(11)16-13(15-2)17-12/h4-7H,1-3H3,(H2,14,15,16,17). The number of aromatic nitrogens is 3. The van der Waals surface area contributed by atoms with E-state index in [0.29, 0.717) is 5.95 Å². The van der Waals surface area contributed by atoms with Gasteiger partial charge in [-0.3, -0.25) is 0 Å². The lowest BCUT2D eigenvalue weighted by atomic mass is 10.1. The fourth-order valence-corrected chi connectivity index (χ4v) is 2.28. The molecule has 0 aliphatic rings. The van der Waals surface area contributed by atoms with Gasteiger partial charge in [-0.25, -0.2) is 4.98 Å². The largest absolute Gasteiger partial charge is 0.372 e. The van der Waals surface area contributed by atoms with E-state index >= 15 is 0 Å². The van der Waals surface area contributed by atoms with Crippen molar-refractivity contribution in [3.63, 3.8) is 0 Å². The first-order valence-electron chi connectivity index (χ1n) is 5.86. The summed E-state index contributed by atoms with van der Waals surface area (Å²) in [7, 11) is 5.74. The average Bonchev–Trinajstić information content (AvgIpc) is 2.79. The summed E-state index contributed by atoms with van der Waals surface area (Å²) in [6.07, 6.45) is 2.05. The molecule has 5 heteroatoms. The molecule has 0 fully saturated rings. The Morgan fingerprint density at radius 3 is 2.61 bits per heavy atom. The Labute approximate surface area is 105 Å². The topological polar surface area (TPSA) is 54.8 Å². The minimum Gasteiger partial charge on any atom is -0.372 e. The Morgan fingerprint density at radius 1 is 1.06 bits per heavy atom. The Morgan fingerprint density at radius 2 is 1.89 bits per heavy atom. The summed E-state index contributed by atoms with van der Waals surface area (Å²) in [5.74, 6) is 1.48. The molecule has 2 aromatic heterocycles. The maximum atomic E-state index is 4.49. The Hall–Kier alpha value is -2.30. The number of hydrogen-bond donors (Lipinski definition) is 2. The van der Waals surface area contributed by atoms with Crippen molar-refractivity contribution in [2.75, 3.05) is 24.7 Å². The van der Waals surface area contributed by atoms with Crippen molar-refractivity contribution in [1.29, 1.82) is 0 Å². The second-order valence-electron chi connectivity index (χ2n) is 4.21. The van der Waals surface area contributed by atoms with Crippen LogP contribution >= 0.6 is 0 Å². The highest BCUT2D eigenvalue weighted by atomic mass is 15.1. The summed E-state index contributed by atoms with van der Waals surface area (Å²) < 4.78 is 2.10. The Balaban J connectivity index is 2.48. The van der Waals surface area contributed by atoms with Gasteiger partial charge in [-0.1, -0.05) is 0 Å². The van der Waals surface area contributed by atoms with Crippen LogP contribution in [0.4, 0.5) is 11.8 Å². The van der Waals surface area contributed by atoms with Gasteiger partial charge in [-0.15, -0.1) is 0 Å². The van der Waals surface area contributed by atoms with Crippen LogP contribution in [0.2, 0.25) is 0 Å². The van der Waals surface area contributed by atoms with Crippen molar-refractivity contribution in [1.82, 2.24) is 14.5 Å². The molecule has 2 heterocycles. The highest BCUT2D eigenvalue weighted by Crippen LogP contribution is 2.30. The summed E-state index contributed by atoms with van der Waals surface area (Å²) in [6, 6.07) is 6.21. The predicted octanol–water partition coefficient (Wildman–Crippen LogP) is 2.20. The zero-order valence-electron chi connectivity index (χ0n) is 10.7. The number of hydrogen-bond acceptors (Lipinski definition) is 4. The first kappa shape index (κ1) is 10.8. The molecule has 0 radical (unpaired) electrons. The molecule has 0 aliphatic carbocycles. The number of benzene rings is 1. The van der Waals surface area contributed by atoms with Crippen LogP contribution in [0.15, 0.2) is 24.4 Å². The lowest BCUT2D eigenvalue weighted by molar-refractivity contribution is 0.969. The Kier molecular flexibility index (Phi) is 2.33. The van der Waals surface area contributed by atoms with E-state index in [1.807, 2.05) is 27.2 Å². The van der Waals surface area contributed by atoms with E-state index in [9.17, 15) is 0 Å². The average molecular weight is 241 g/mol. The maximum absolute atomic E-state index is 4.49. The molecule has 0 unspecified atom stereocenters. The van der Waals surface area contributed by atoms with Gasteiger partial charge in [0.1, 0.15) is 5.82 Å². The van der Waals surface area contributed by atoms with Crippen LogP contribution in [-0.2, 0) is 7.05 Å². The monoisotopic (exact) mass is 241 g/mol. The maximum Gasteiger partial charge on any atom is 0.224 e. The molecular weight excluding hydrogens is 226 g/mol. The molecule has 5 nitrogen and oxygen atoms in total. The third kappa shape index (κ3) is 1.40. The number of fused-ring (bicyclic) bond motifs is 3. The van der Waals surface area contributed by atoms with Crippen molar-refractivity contribution in [3.05, 3.63) is 24.4 Å². The lowest BCUT2D eigenvalue weighted by Gasteiger charge is -2.09. The molecule has 1 aromatic carbocycles. The van der Waals surface area contributed by atoms with Crippen molar-refractivity contribution in [2.45, 2.75) is 0 Å². The van der Waals surface area contributed by atoms with Crippen LogP contribution < -0.4 is 10.6 Å². The van der Waals surface area contributed by atoms with Gasteiger partial charge in [-0.05, 0) is 18.2 Å². The molecule has 18 heavy (non-hydrogen) atoms. The van der Waals surface area contributed by atoms with Gasteiger partial charge in [0, 0.05) is 38.2 Å². The van der Waals surface area contributed by atoms with Crippen molar-refractivity contribution < 1.29 is 0 Å². The number of rotatable bonds is 2. The quantitative estimate of drug-likeness (QED) is 0.722. The second-order valence-corrected chi connectivity index (χ2v) is 4.21. The van der Waals surface area contributed by atoms with Gasteiger partial charge in [0.2, 0.25) is 5.95 Å². The number of nitrogens with zero attached hydrogens (tertiary/aromatic N) is 3. The van der Waals surface area contributed by atoms with E-state index in [1.54, 1.807) is 0 Å². The van der Waals surface area contributed by atoms with Crippen LogP contribution in [-0.4, -0.2) is 28.6 Å². The molecule has 3 rings (SSSR count). The number of aryl methyl sites for hydroxylation is 1. The normalized spacial score (nSPS) is 11.1. The van der Waals surface area contributed by atoms with E-state index in [0.717, 1.165) is 16.7 Å². The van der Waals surface area contributed by atoms with Crippen molar-refractivity contribution in [3.8, 4) is 0 Å². The number of nitrogens with one attached hydrogen (secondary N) is 2. The van der Waals surface area contributed by atoms with E-state index in [4.69, 9.17) is 0 Å². The van der Waals surface area contributed by atoms with E-state index in [1.165, 1.54) is 10.9 Å². The number of anilines is 2. The van der Waals surface area contributed by atoms with Crippen molar-refractivity contribution in [2.24, 2.45) is 7.05 Å². The SMILES string of the molecule is CNc1nc(NC)c2c(ccc3c2ccn3C)n1. The summed E-state index contributed by atoms with van der Waals surface area (Å²) in [5.41, 5.74) is 2.12. The molecule has 0 atom stereocenters. The van der Waals surface area contributed by atoms with Crippen LogP contribution in [0.3, 0.4) is 0 Å². The van der Waals surface area contributed by atoms with Gasteiger partial charge < -0.3 is 15.2 Å². The zero-order chi connectivity index (χ0) is 12.7. The van der Waals surface area contributed by atoms with E-state index < -0.39 is 0 Å². The molecule has 0 saturated carbocycles. The second kappa shape index (κ2) is 3.87. The minimum atomic E-state index is 0.627. The van der Waals surface area contributed by atoms with Crippen molar-refractivity contribution >= 4 is 33.6 Å². The first-order valence-corrected chi connectivity index (χ1v) is 5.86. The van der Waals surface area contributed by atoms with E-state index in [2.05, 4.69) is 43.5 Å². The third-order valence-electron chi connectivity index (χ3n) is 3.19. The molecule has 0 spiro atoms. The minimum absolute atomic E-state index is 0.627. The fourth-order valence-electron chi connectivity index (χ4n) is 2.28. The van der Waals surface area contributed by atoms with Gasteiger partial charge in [0.05, 0.1) is 10.9 Å². The molecule has 3 aromatic rings. The molecule has 0 aliphatic heterocycles. The molecule has 2 N–H and O–H groups in total. The molecular formula is C13H15N5. The molecule has 0 saturated heterocycles. The summed E-state index contributed by atoms with van der Waals surface area (Å²) in [4.78, 5) is 8.94. The highest BCUT2D eigenvalue weighted by Gasteiger charge is 2.11. The first-order chi connectivity index (χ1) is 8.74. The zero-order valence-corrected chi connectivity index (χ0v) is 10.7. The lowest BCUT2D eigenvalue weighted by Crippen LogP contribution is -2.02. The smallest absolute Gasteiger partial charge is 0.224 e. The fraction of sp³-hybridized carbons (Fsp3) is 0.231. The van der Waals surface area contributed by atoms with Crippen LogP contribution in [0.25, 0.3) is 21.8 Å². The molecule has 92 valence electrons. The van der Waals surface area contributed by atoms with Crippen LogP contribution in [0.5, 0.6) is 0 Å². The summed E-state index contributed by atoms with van der Waals surface area (Å²) in [5, 5.41) is 8.36. The van der Waals surface area contributed by atoms with Gasteiger partial charge in [0.15, 0.2) is 0 Å². The van der Waals surface area contributed by atoms with Crippen LogP contribution in [0.1, 0.15) is 0 Å². The van der Waals surface area contributed by atoms with Gasteiger partial charge in [0.25, 0.3) is 0 Å². The molecule has 0 bridgehead atoms. The Bertz CT molecular complexity index is 729. The third-order valence-corrected chi connectivity index (χ3v) is 3.19. The van der Waals surface area contributed by atoms with Gasteiger partial charge in [-0.2, -0.15) is 4.98 Å². The summed E-state index contributed by atoms with van der Waals surface area (Å²) >= 11 is 0. The van der Waals surface area contributed by atoms with E-state index in [-0.39, 0.29) is 0 Å². The summed E-state index contributed by atoms with van der Waals surface area (Å²) in [6.45, 7) is 0. The van der Waals surface area contributed by atoms with Crippen LogP contribution in [0, 0.1) is 0 Å². The predicted molar refractivity (Wildman–Crippen MR) is 75.1 cm³/mol. The highest BCUT2D eigenvalue weighted by molar-refractivity contribution is 6.10. The van der Waals surface area contributed by atoms with Gasteiger partial charge >= 0.3 is 0 Å². The molecule has 0 amide bonds.